The van der Waals surface area contributed by atoms with Crippen LogP contribution in [0, 0.1) is 0 Å². The van der Waals surface area contributed by atoms with E-state index in [9.17, 15) is 13.0 Å². The predicted molar refractivity (Wildman–Crippen MR) is 96.4 cm³/mol. The molecular formula is C19H32O3S. The molecule has 0 heterocycles. The minimum Gasteiger partial charge on any atom is -0.282 e. The van der Waals surface area contributed by atoms with E-state index in [-0.39, 0.29) is 4.90 Å². The summed E-state index contributed by atoms with van der Waals surface area (Å²) in [6, 6.07) is 6.73. The van der Waals surface area contributed by atoms with Gasteiger partial charge in [-0.1, -0.05) is 89.3 Å². The zero-order valence-electron chi connectivity index (χ0n) is 14.5. The van der Waals surface area contributed by atoms with E-state index in [2.05, 4.69) is 6.92 Å². The van der Waals surface area contributed by atoms with Crippen molar-refractivity contribution in [1.82, 2.24) is 0 Å². The van der Waals surface area contributed by atoms with Crippen molar-refractivity contribution in [3.63, 3.8) is 0 Å². The van der Waals surface area contributed by atoms with Gasteiger partial charge in [0.15, 0.2) is 0 Å². The molecule has 4 heteroatoms. The van der Waals surface area contributed by atoms with Gasteiger partial charge in [-0.2, -0.15) is 8.42 Å². The van der Waals surface area contributed by atoms with Crippen LogP contribution in [0.3, 0.4) is 0 Å². The summed E-state index contributed by atoms with van der Waals surface area (Å²) >= 11 is 0. The average molecular weight is 341 g/mol. The van der Waals surface area contributed by atoms with Crippen LogP contribution >= 0.6 is 0 Å². The molecule has 0 atom stereocenters. The Kier molecular flexibility index (Phi) is 10.2. The van der Waals surface area contributed by atoms with Gasteiger partial charge in [0.25, 0.3) is 10.1 Å². The van der Waals surface area contributed by atoms with Crippen LogP contribution in [-0.4, -0.2) is 13.0 Å². The predicted octanol–water partition coefficient (Wildman–Crippen LogP) is 5.79. The molecule has 0 aliphatic carbocycles. The number of hydrogen-bond donors (Lipinski definition) is 1. The van der Waals surface area contributed by atoms with Gasteiger partial charge < -0.3 is 0 Å². The highest BCUT2D eigenvalue weighted by molar-refractivity contribution is 7.85. The topological polar surface area (TPSA) is 54.4 Å². The van der Waals surface area contributed by atoms with Gasteiger partial charge in [-0.15, -0.1) is 0 Å². The second kappa shape index (κ2) is 11.6. The number of aryl methyl sites for hydroxylation is 1. The van der Waals surface area contributed by atoms with Crippen molar-refractivity contribution in [1.29, 1.82) is 0 Å². The van der Waals surface area contributed by atoms with E-state index in [0.29, 0.717) is 6.42 Å². The molecule has 0 fully saturated rings. The average Bonchev–Trinajstić information content (AvgIpc) is 2.52. The van der Waals surface area contributed by atoms with Gasteiger partial charge in [-0.05, 0) is 24.5 Å². The Labute approximate surface area is 142 Å². The van der Waals surface area contributed by atoms with E-state index in [1.54, 1.807) is 12.1 Å². The Morgan fingerprint density at radius 3 is 1.78 bits per heavy atom. The lowest BCUT2D eigenvalue weighted by Gasteiger charge is -2.07. The summed E-state index contributed by atoms with van der Waals surface area (Å²) in [4.78, 5) is 0.0621. The minimum absolute atomic E-state index is 0.0621. The van der Waals surface area contributed by atoms with Crippen molar-refractivity contribution < 1.29 is 13.0 Å². The van der Waals surface area contributed by atoms with Crippen LogP contribution in [0.5, 0.6) is 0 Å². The lowest BCUT2D eigenvalue weighted by molar-refractivity contribution is 0.481. The summed E-state index contributed by atoms with van der Waals surface area (Å²) in [5, 5.41) is 0. The number of hydrogen-bond acceptors (Lipinski definition) is 2. The molecule has 1 rings (SSSR count). The van der Waals surface area contributed by atoms with Gasteiger partial charge in [-0.25, -0.2) is 0 Å². The first-order chi connectivity index (χ1) is 11.1. The lowest BCUT2D eigenvalue weighted by Crippen LogP contribution is -2.03. The van der Waals surface area contributed by atoms with Gasteiger partial charge >= 0.3 is 0 Å². The van der Waals surface area contributed by atoms with Gasteiger partial charge in [0.1, 0.15) is 0 Å². The highest BCUT2D eigenvalue weighted by Crippen LogP contribution is 2.18. The Morgan fingerprint density at radius 1 is 0.783 bits per heavy atom. The van der Waals surface area contributed by atoms with Crippen LogP contribution in [0.2, 0.25) is 0 Å². The molecule has 132 valence electrons. The van der Waals surface area contributed by atoms with Crippen molar-refractivity contribution in [3.05, 3.63) is 29.8 Å². The molecule has 0 aliphatic rings. The zero-order valence-corrected chi connectivity index (χ0v) is 15.3. The molecule has 0 saturated heterocycles. The van der Waals surface area contributed by atoms with E-state index >= 15 is 0 Å². The maximum atomic E-state index is 11.3. The van der Waals surface area contributed by atoms with Gasteiger partial charge in [-0.3, -0.25) is 4.55 Å². The summed E-state index contributed by atoms with van der Waals surface area (Å²) in [5.41, 5.74) is 0.728. The number of rotatable bonds is 13. The standard InChI is InChI=1S/C19H32O3S/c1-2-3-4-5-6-7-8-9-10-11-12-15-18-16-13-14-17-19(18)23(20,21)22/h13-14,16-17H,2-12,15H2,1H3,(H,20,21,22). The van der Waals surface area contributed by atoms with Crippen molar-refractivity contribution in [2.24, 2.45) is 0 Å². The summed E-state index contributed by atoms with van der Waals surface area (Å²) in [6.07, 6.45) is 14.7. The molecule has 0 spiro atoms. The highest BCUT2D eigenvalue weighted by Gasteiger charge is 2.13. The fraction of sp³-hybridized carbons (Fsp3) is 0.684. The fourth-order valence-electron chi connectivity index (χ4n) is 2.94. The van der Waals surface area contributed by atoms with Crippen molar-refractivity contribution in [3.8, 4) is 0 Å². The number of unbranched alkanes of at least 4 members (excludes halogenated alkanes) is 10. The Balaban J connectivity index is 2.10. The molecule has 0 unspecified atom stereocenters. The van der Waals surface area contributed by atoms with Crippen molar-refractivity contribution >= 4 is 10.1 Å². The van der Waals surface area contributed by atoms with E-state index in [1.165, 1.54) is 63.9 Å². The van der Waals surface area contributed by atoms with Gasteiger partial charge in [0.2, 0.25) is 0 Å². The smallest absolute Gasteiger partial charge is 0.282 e. The Bertz CT molecular complexity index is 523. The molecule has 0 aromatic heterocycles. The second-order valence-corrected chi connectivity index (χ2v) is 7.76. The summed E-state index contributed by atoms with van der Waals surface area (Å²) in [7, 11) is -4.10. The first kappa shape index (κ1) is 20.2. The molecule has 0 amide bonds. The Hall–Kier alpha value is -0.870. The first-order valence-electron chi connectivity index (χ1n) is 9.11. The summed E-state index contributed by atoms with van der Waals surface area (Å²) in [5.74, 6) is 0. The van der Waals surface area contributed by atoms with Gasteiger partial charge in [0.05, 0.1) is 4.90 Å². The quantitative estimate of drug-likeness (QED) is 0.365. The third kappa shape index (κ3) is 9.11. The number of benzene rings is 1. The van der Waals surface area contributed by atoms with Crippen LogP contribution in [0.15, 0.2) is 29.2 Å². The molecule has 0 bridgehead atoms. The lowest BCUT2D eigenvalue weighted by atomic mass is 10.0. The molecular weight excluding hydrogens is 308 g/mol. The van der Waals surface area contributed by atoms with E-state index in [0.717, 1.165) is 18.4 Å². The largest absolute Gasteiger partial charge is 0.294 e. The van der Waals surface area contributed by atoms with E-state index in [1.807, 2.05) is 6.07 Å². The van der Waals surface area contributed by atoms with Crippen LogP contribution in [-0.2, 0) is 16.5 Å². The first-order valence-corrected chi connectivity index (χ1v) is 10.5. The minimum atomic E-state index is -4.10. The Morgan fingerprint density at radius 2 is 1.26 bits per heavy atom. The van der Waals surface area contributed by atoms with Crippen LogP contribution in [0.1, 0.15) is 83.1 Å². The molecule has 0 aliphatic heterocycles. The van der Waals surface area contributed by atoms with Crippen molar-refractivity contribution in [2.45, 2.75) is 88.9 Å². The van der Waals surface area contributed by atoms with Gasteiger partial charge in [0, 0.05) is 0 Å². The molecule has 3 nitrogen and oxygen atoms in total. The van der Waals surface area contributed by atoms with Crippen LogP contribution in [0.4, 0.5) is 0 Å². The molecule has 1 aromatic carbocycles. The third-order valence-corrected chi connectivity index (χ3v) is 5.25. The molecule has 23 heavy (non-hydrogen) atoms. The highest BCUT2D eigenvalue weighted by atomic mass is 32.2. The SMILES string of the molecule is CCCCCCCCCCCCCc1ccccc1S(=O)(=O)O. The third-order valence-electron chi connectivity index (χ3n) is 4.30. The zero-order chi connectivity index (χ0) is 17.0. The van der Waals surface area contributed by atoms with Crippen molar-refractivity contribution in [2.75, 3.05) is 0 Å². The summed E-state index contributed by atoms with van der Waals surface area (Å²) < 4.78 is 31.8. The molecule has 0 radical (unpaired) electrons. The maximum absolute atomic E-state index is 11.3. The van der Waals surface area contributed by atoms with E-state index < -0.39 is 10.1 Å². The van der Waals surface area contributed by atoms with Crippen LogP contribution < -0.4 is 0 Å². The molecule has 1 aromatic rings. The van der Waals surface area contributed by atoms with E-state index in [4.69, 9.17) is 0 Å². The normalized spacial score (nSPS) is 11.7. The second-order valence-electron chi connectivity index (χ2n) is 6.37. The fourth-order valence-corrected chi connectivity index (χ4v) is 3.69. The van der Waals surface area contributed by atoms with Crippen LogP contribution in [0.25, 0.3) is 0 Å². The monoisotopic (exact) mass is 340 g/mol. The molecule has 1 N–H and O–H groups in total. The maximum Gasteiger partial charge on any atom is 0.294 e. The summed E-state index contributed by atoms with van der Waals surface area (Å²) in [6.45, 7) is 2.24. The molecule has 0 saturated carbocycles.